The number of hydrogen-bond acceptors (Lipinski definition) is 4. The average Bonchev–Trinajstić information content (AvgIpc) is 3.38. The van der Waals surface area contributed by atoms with Crippen LogP contribution in [0.25, 0.3) is 0 Å². The van der Waals surface area contributed by atoms with Crippen LogP contribution in [-0.4, -0.2) is 24.5 Å². The van der Waals surface area contributed by atoms with Gasteiger partial charge in [-0.25, -0.2) is 22.9 Å². The van der Waals surface area contributed by atoms with E-state index in [4.69, 9.17) is 5.11 Å². The molecule has 2 aromatic rings. The van der Waals surface area contributed by atoms with Gasteiger partial charge in [-0.1, -0.05) is 18.2 Å². The molecule has 1 saturated carbocycles. The summed E-state index contributed by atoms with van der Waals surface area (Å²) in [6.07, 6.45) is 3.69. The van der Waals surface area contributed by atoms with E-state index in [0.717, 1.165) is 0 Å². The molecule has 1 aromatic carbocycles. The first-order valence-electron chi connectivity index (χ1n) is 7.23. The van der Waals surface area contributed by atoms with Crippen LogP contribution >= 0.6 is 0 Å². The van der Waals surface area contributed by atoms with Crippen molar-refractivity contribution in [1.29, 1.82) is 0 Å². The number of nitrogens with zero attached hydrogens (tertiary/aromatic N) is 1. The Morgan fingerprint density at radius 3 is 2.39 bits per heavy atom. The first-order valence-corrected chi connectivity index (χ1v) is 8.72. The van der Waals surface area contributed by atoms with Crippen molar-refractivity contribution in [2.24, 2.45) is 0 Å². The second-order valence-electron chi connectivity index (χ2n) is 5.52. The number of nitrogens with one attached hydrogen (secondary N) is 1. The Labute approximate surface area is 134 Å². The normalized spacial score (nSPS) is 14.6. The van der Waals surface area contributed by atoms with E-state index < -0.39 is 16.0 Å². The van der Waals surface area contributed by atoms with Gasteiger partial charge in [0.05, 0.1) is 4.90 Å². The maximum Gasteiger partial charge on any atom is 0.354 e. The predicted molar refractivity (Wildman–Crippen MR) is 83.6 cm³/mol. The van der Waals surface area contributed by atoms with Gasteiger partial charge >= 0.3 is 5.97 Å². The fourth-order valence-corrected chi connectivity index (χ4v) is 3.27. The van der Waals surface area contributed by atoms with Gasteiger partial charge in [0.2, 0.25) is 10.0 Å². The molecule has 0 atom stereocenters. The van der Waals surface area contributed by atoms with Crippen molar-refractivity contribution in [3.05, 3.63) is 59.4 Å². The fourth-order valence-electron chi connectivity index (χ4n) is 2.25. The van der Waals surface area contributed by atoms with Gasteiger partial charge in [0.25, 0.3) is 0 Å². The zero-order valence-electron chi connectivity index (χ0n) is 12.3. The van der Waals surface area contributed by atoms with E-state index in [9.17, 15) is 13.2 Å². The molecule has 0 amide bonds. The Kier molecular flexibility index (Phi) is 4.14. The first kappa shape index (κ1) is 15.6. The second-order valence-corrected chi connectivity index (χ2v) is 7.29. The molecule has 1 aromatic heterocycles. The number of pyridine rings is 1. The first-order chi connectivity index (χ1) is 11.0. The van der Waals surface area contributed by atoms with Crippen molar-refractivity contribution in [3.8, 4) is 0 Å². The lowest BCUT2D eigenvalue weighted by atomic mass is 10.1. The number of carboxylic acids is 1. The van der Waals surface area contributed by atoms with Crippen LogP contribution in [0.1, 0.15) is 40.4 Å². The maximum atomic E-state index is 12.3. The van der Waals surface area contributed by atoms with Gasteiger partial charge in [-0.15, -0.1) is 0 Å². The molecule has 23 heavy (non-hydrogen) atoms. The summed E-state index contributed by atoms with van der Waals surface area (Å²) in [5.41, 5.74) is 1.69. The predicted octanol–water partition coefficient (Wildman–Crippen LogP) is 2.14. The lowest BCUT2D eigenvalue weighted by Crippen LogP contribution is -2.23. The second kappa shape index (κ2) is 6.10. The van der Waals surface area contributed by atoms with Crippen LogP contribution in [0, 0.1) is 0 Å². The molecule has 1 heterocycles. The van der Waals surface area contributed by atoms with Crippen molar-refractivity contribution >= 4 is 16.0 Å². The molecule has 0 saturated heterocycles. The zero-order chi connectivity index (χ0) is 16.4. The third-order valence-corrected chi connectivity index (χ3v) is 5.17. The lowest BCUT2D eigenvalue weighted by molar-refractivity contribution is 0.0690. The number of rotatable bonds is 6. The van der Waals surface area contributed by atoms with Crippen molar-refractivity contribution < 1.29 is 18.3 Å². The molecule has 0 bridgehead atoms. The third kappa shape index (κ3) is 3.75. The lowest BCUT2D eigenvalue weighted by Gasteiger charge is -2.08. The van der Waals surface area contributed by atoms with Gasteiger partial charge in [-0.3, -0.25) is 0 Å². The van der Waals surface area contributed by atoms with Crippen molar-refractivity contribution in [2.45, 2.75) is 30.2 Å². The van der Waals surface area contributed by atoms with E-state index in [-0.39, 0.29) is 17.1 Å². The molecule has 1 fully saturated rings. The minimum Gasteiger partial charge on any atom is -0.477 e. The van der Waals surface area contributed by atoms with Gasteiger partial charge in [0.15, 0.2) is 0 Å². The summed E-state index contributed by atoms with van der Waals surface area (Å²) in [5.74, 6) is -0.536. The number of aromatic nitrogens is 1. The van der Waals surface area contributed by atoms with E-state index in [1.54, 1.807) is 12.1 Å². The highest BCUT2D eigenvalue weighted by Gasteiger charge is 2.24. The number of carboxylic acid groups (broad SMARTS) is 1. The highest BCUT2D eigenvalue weighted by Crippen LogP contribution is 2.40. The average molecular weight is 332 g/mol. The quantitative estimate of drug-likeness (QED) is 0.845. The standard InChI is InChI=1S/C16H16N2O4S/c19-16(20)15-8-1-11(9-17-15)10-18-23(21,22)14-6-4-13(5-7-14)12-2-3-12/h1,4-9,12,18H,2-3,10H2,(H,19,20). The van der Waals surface area contributed by atoms with E-state index in [1.165, 1.54) is 36.7 Å². The van der Waals surface area contributed by atoms with E-state index in [1.807, 2.05) is 12.1 Å². The van der Waals surface area contributed by atoms with Crippen LogP contribution in [0.3, 0.4) is 0 Å². The monoisotopic (exact) mass is 332 g/mol. The van der Waals surface area contributed by atoms with Crippen LogP contribution in [-0.2, 0) is 16.6 Å². The Bertz CT molecular complexity index is 810. The molecule has 6 nitrogen and oxygen atoms in total. The zero-order valence-corrected chi connectivity index (χ0v) is 13.1. The molecule has 0 radical (unpaired) electrons. The summed E-state index contributed by atoms with van der Waals surface area (Å²) in [5, 5.41) is 8.78. The molecule has 0 spiro atoms. The molecule has 0 aliphatic heterocycles. The van der Waals surface area contributed by atoms with E-state index >= 15 is 0 Å². The van der Waals surface area contributed by atoms with Crippen LogP contribution in [0.5, 0.6) is 0 Å². The molecular formula is C16H16N2O4S. The largest absolute Gasteiger partial charge is 0.477 e. The van der Waals surface area contributed by atoms with Gasteiger partial charge < -0.3 is 5.11 Å². The summed E-state index contributed by atoms with van der Waals surface area (Å²) in [4.78, 5) is 14.7. The Morgan fingerprint density at radius 2 is 1.87 bits per heavy atom. The molecule has 120 valence electrons. The summed E-state index contributed by atoms with van der Waals surface area (Å²) in [6.45, 7) is 0.0552. The number of benzene rings is 1. The molecule has 0 unspecified atom stereocenters. The van der Waals surface area contributed by atoms with Gasteiger partial charge in [-0.2, -0.15) is 0 Å². The molecule has 1 aliphatic rings. The molecule has 3 rings (SSSR count). The summed E-state index contributed by atoms with van der Waals surface area (Å²) < 4.78 is 27.0. The topological polar surface area (TPSA) is 96.4 Å². The molecular weight excluding hydrogens is 316 g/mol. The van der Waals surface area contributed by atoms with Crippen LogP contribution < -0.4 is 4.72 Å². The maximum absolute atomic E-state index is 12.3. The number of carbonyl (C=O) groups is 1. The minimum absolute atomic E-state index is 0.0552. The number of hydrogen-bond donors (Lipinski definition) is 2. The fraction of sp³-hybridized carbons (Fsp3) is 0.250. The summed E-state index contributed by atoms with van der Waals surface area (Å²) >= 11 is 0. The summed E-state index contributed by atoms with van der Waals surface area (Å²) in [6, 6.07) is 9.82. The van der Waals surface area contributed by atoms with Crippen LogP contribution in [0.2, 0.25) is 0 Å². The Balaban J connectivity index is 1.66. The summed E-state index contributed by atoms with van der Waals surface area (Å²) in [7, 11) is -3.60. The molecule has 1 aliphatic carbocycles. The smallest absolute Gasteiger partial charge is 0.354 e. The third-order valence-electron chi connectivity index (χ3n) is 3.75. The molecule has 2 N–H and O–H groups in total. The Hall–Kier alpha value is -2.25. The van der Waals surface area contributed by atoms with E-state index in [0.29, 0.717) is 11.5 Å². The van der Waals surface area contributed by atoms with Gasteiger partial charge in [-0.05, 0) is 48.1 Å². The highest BCUT2D eigenvalue weighted by atomic mass is 32.2. The number of aromatic carboxylic acids is 1. The van der Waals surface area contributed by atoms with Crippen molar-refractivity contribution in [2.75, 3.05) is 0 Å². The van der Waals surface area contributed by atoms with Gasteiger partial charge in [0.1, 0.15) is 5.69 Å². The highest BCUT2D eigenvalue weighted by molar-refractivity contribution is 7.89. The van der Waals surface area contributed by atoms with E-state index in [2.05, 4.69) is 9.71 Å². The Morgan fingerprint density at radius 1 is 1.17 bits per heavy atom. The SMILES string of the molecule is O=C(O)c1ccc(CNS(=O)(=O)c2ccc(C3CC3)cc2)cn1. The van der Waals surface area contributed by atoms with Crippen molar-refractivity contribution in [3.63, 3.8) is 0 Å². The number of sulfonamides is 1. The van der Waals surface area contributed by atoms with Crippen LogP contribution in [0.4, 0.5) is 0 Å². The van der Waals surface area contributed by atoms with Crippen molar-refractivity contribution in [1.82, 2.24) is 9.71 Å². The minimum atomic E-state index is -3.60. The van der Waals surface area contributed by atoms with Crippen LogP contribution in [0.15, 0.2) is 47.5 Å². The van der Waals surface area contributed by atoms with Gasteiger partial charge in [0, 0.05) is 12.7 Å². The molecule has 7 heteroatoms.